The zero-order chi connectivity index (χ0) is 28.1. The number of esters is 3. The largest absolute Gasteiger partial charge is 0.508 e. The van der Waals surface area contributed by atoms with E-state index in [1.807, 2.05) is 0 Å². The lowest BCUT2D eigenvalue weighted by Crippen LogP contribution is -2.19. The Balaban J connectivity index is 2.55. The van der Waals surface area contributed by atoms with Gasteiger partial charge in [0.1, 0.15) is 33.8 Å². The molecular formula is C27H26O11. The first-order chi connectivity index (χ1) is 18.1. The van der Waals surface area contributed by atoms with E-state index in [1.54, 1.807) is 0 Å². The highest BCUT2D eigenvalue weighted by Crippen LogP contribution is 2.43. The summed E-state index contributed by atoms with van der Waals surface area (Å²) in [6.07, 6.45) is -0.393. The number of hydrogen-bond donors (Lipinski definition) is 2. The van der Waals surface area contributed by atoms with Crippen LogP contribution in [0.25, 0.3) is 22.3 Å². The summed E-state index contributed by atoms with van der Waals surface area (Å²) in [5.74, 6) is -5.58. The second kappa shape index (κ2) is 11.6. The highest BCUT2D eigenvalue weighted by atomic mass is 16.6. The average molecular weight is 526 g/mol. The van der Waals surface area contributed by atoms with Gasteiger partial charge in [-0.2, -0.15) is 0 Å². The highest BCUT2D eigenvalue weighted by molar-refractivity contribution is 6.08. The third kappa shape index (κ3) is 5.51. The van der Waals surface area contributed by atoms with Gasteiger partial charge in [-0.3, -0.25) is 24.0 Å². The Morgan fingerprint density at radius 1 is 0.789 bits per heavy atom. The smallest absolute Gasteiger partial charge is 0.311 e. The first-order valence-corrected chi connectivity index (χ1v) is 11.9. The molecule has 3 rings (SSSR count). The van der Waals surface area contributed by atoms with Gasteiger partial charge in [0.15, 0.2) is 17.3 Å². The van der Waals surface area contributed by atoms with Crippen molar-refractivity contribution >= 4 is 34.7 Å². The molecule has 0 saturated carbocycles. The second-order valence-electron chi connectivity index (χ2n) is 8.00. The Morgan fingerprint density at radius 3 is 1.92 bits per heavy atom. The maximum atomic E-state index is 13.8. The number of ketones is 1. The minimum atomic E-state index is -0.993. The minimum Gasteiger partial charge on any atom is -0.508 e. The Hall–Kier alpha value is -4.67. The van der Waals surface area contributed by atoms with E-state index in [1.165, 1.54) is 39.8 Å². The fraction of sp³-hybridized carbons (Fsp3) is 0.296. The SMILES string of the molecule is CCC(=O)Oc1cc2oc(-c3ccc(O)cc3O)c(OC(=O)CC)c(=O)c2c(OC(=O)CC)c1C(=O)CC. The van der Waals surface area contributed by atoms with Gasteiger partial charge in [-0.15, -0.1) is 0 Å². The summed E-state index contributed by atoms with van der Waals surface area (Å²) in [5.41, 5.74) is -1.73. The van der Waals surface area contributed by atoms with Gasteiger partial charge in [0.2, 0.25) is 11.2 Å². The van der Waals surface area contributed by atoms with Gasteiger partial charge < -0.3 is 28.8 Å². The second-order valence-corrected chi connectivity index (χ2v) is 8.00. The van der Waals surface area contributed by atoms with Crippen LogP contribution in [0.3, 0.4) is 0 Å². The molecule has 0 fully saturated rings. The summed E-state index contributed by atoms with van der Waals surface area (Å²) >= 11 is 0. The van der Waals surface area contributed by atoms with Crippen molar-refractivity contribution in [2.45, 2.75) is 53.4 Å². The normalized spacial score (nSPS) is 10.7. The Kier molecular flexibility index (Phi) is 8.51. The zero-order valence-corrected chi connectivity index (χ0v) is 21.2. The van der Waals surface area contributed by atoms with E-state index in [9.17, 15) is 34.2 Å². The molecule has 0 amide bonds. The predicted molar refractivity (Wildman–Crippen MR) is 134 cm³/mol. The lowest BCUT2D eigenvalue weighted by molar-refractivity contribution is -0.135. The van der Waals surface area contributed by atoms with E-state index in [2.05, 4.69) is 0 Å². The quantitative estimate of drug-likeness (QED) is 0.230. The van der Waals surface area contributed by atoms with E-state index < -0.39 is 57.5 Å². The predicted octanol–water partition coefficient (Wildman–Crippen LogP) is 4.41. The number of benzene rings is 2. The van der Waals surface area contributed by atoms with E-state index in [0.717, 1.165) is 12.1 Å². The molecule has 38 heavy (non-hydrogen) atoms. The van der Waals surface area contributed by atoms with Gasteiger partial charge >= 0.3 is 17.9 Å². The number of phenolic OH excluding ortho intramolecular Hbond substituents is 2. The molecule has 0 spiro atoms. The molecule has 0 aliphatic heterocycles. The zero-order valence-electron chi connectivity index (χ0n) is 21.2. The molecule has 3 aromatic rings. The van der Waals surface area contributed by atoms with Crippen LogP contribution in [0, 0.1) is 0 Å². The van der Waals surface area contributed by atoms with E-state index in [4.69, 9.17) is 18.6 Å². The van der Waals surface area contributed by atoms with E-state index >= 15 is 0 Å². The van der Waals surface area contributed by atoms with Crippen LogP contribution in [0.2, 0.25) is 0 Å². The number of carbonyl (C=O) groups is 4. The molecule has 11 nitrogen and oxygen atoms in total. The fourth-order valence-electron chi connectivity index (χ4n) is 3.45. The Bertz CT molecular complexity index is 1500. The number of hydrogen-bond acceptors (Lipinski definition) is 11. The van der Waals surface area contributed by atoms with Crippen LogP contribution in [0.5, 0.6) is 28.7 Å². The van der Waals surface area contributed by atoms with E-state index in [-0.39, 0.29) is 53.9 Å². The molecule has 0 aliphatic carbocycles. The van der Waals surface area contributed by atoms with Crippen molar-refractivity contribution in [1.29, 1.82) is 0 Å². The molecule has 0 aliphatic rings. The summed E-state index contributed by atoms with van der Waals surface area (Å²) in [4.78, 5) is 63.5. The van der Waals surface area contributed by atoms with Crippen LogP contribution in [0.4, 0.5) is 0 Å². The standard InChI is InChI=1S/C27H26O11/c1-5-15(29)22-17(35-19(31)6-2)12-18-23(26(22)37-20(32)7-3)24(34)27(38-21(33)8-4)25(36-18)14-10-9-13(28)11-16(14)30/h9-12,28,30H,5-8H2,1-4H3. The molecular weight excluding hydrogens is 500 g/mol. The summed E-state index contributed by atoms with van der Waals surface area (Å²) < 4.78 is 21.9. The van der Waals surface area contributed by atoms with Gasteiger partial charge in [-0.05, 0) is 12.1 Å². The van der Waals surface area contributed by atoms with Crippen LogP contribution in [0.15, 0.2) is 33.5 Å². The molecule has 0 radical (unpaired) electrons. The fourth-order valence-corrected chi connectivity index (χ4v) is 3.45. The van der Waals surface area contributed by atoms with Gasteiger partial charge in [0.05, 0.1) is 5.56 Å². The van der Waals surface area contributed by atoms with Crippen molar-refractivity contribution in [1.82, 2.24) is 0 Å². The molecule has 200 valence electrons. The molecule has 2 N–H and O–H groups in total. The first kappa shape index (κ1) is 27.9. The third-order valence-corrected chi connectivity index (χ3v) is 5.41. The summed E-state index contributed by atoms with van der Waals surface area (Å²) in [6, 6.07) is 4.53. The van der Waals surface area contributed by atoms with Gasteiger partial charge in [-0.25, -0.2) is 0 Å². The molecule has 0 unspecified atom stereocenters. The van der Waals surface area contributed by atoms with Crippen LogP contribution in [-0.2, 0) is 14.4 Å². The van der Waals surface area contributed by atoms with Crippen molar-refractivity contribution in [3.05, 3.63) is 40.1 Å². The monoisotopic (exact) mass is 526 g/mol. The Morgan fingerprint density at radius 2 is 1.37 bits per heavy atom. The number of carbonyl (C=O) groups excluding carboxylic acids is 4. The maximum Gasteiger partial charge on any atom is 0.311 e. The Labute approximate surface area is 216 Å². The van der Waals surface area contributed by atoms with Gasteiger partial charge in [-0.1, -0.05) is 27.7 Å². The van der Waals surface area contributed by atoms with Crippen LogP contribution < -0.4 is 19.6 Å². The number of rotatable bonds is 9. The molecule has 0 atom stereocenters. The molecule has 0 saturated heterocycles. The first-order valence-electron chi connectivity index (χ1n) is 11.9. The van der Waals surface area contributed by atoms with Gasteiger partial charge in [0.25, 0.3) is 0 Å². The van der Waals surface area contributed by atoms with Crippen LogP contribution >= 0.6 is 0 Å². The number of ether oxygens (including phenoxy) is 3. The van der Waals surface area contributed by atoms with Crippen LogP contribution in [-0.4, -0.2) is 33.9 Å². The topological polar surface area (TPSA) is 167 Å². The van der Waals surface area contributed by atoms with Crippen molar-refractivity contribution in [2.75, 3.05) is 0 Å². The number of fused-ring (bicyclic) bond motifs is 1. The van der Waals surface area contributed by atoms with E-state index in [0.29, 0.717) is 0 Å². The molecule has 1 aromatic heterocycles. The average Bonchev–Trinajstić information content (AvgIpc) is 2.89. The molecule has 2 aromatic carbocycles. The lowest BCUT2D eigenvalue weighted by Gasteiger charge is -2.17. The summed E-state index contributed by atoms with van der Waals surface area (Å²) in [7, 11) is 0. The van der Waals surface area contributed by atoms with Crippen molar-refractivity contribution < 1.29 is 48.0 Å². The van der Waals surface area contributed by atoms with Crippen molar-refractivity contribution in [2.24, 2.45) is 0 Å². The van der Waals surface area contributed by atoms with Crippen molar-refractivity contribution in [3.63, 3.8) is 0 Å². The van der Waals surface area contributed by atoms with Gasteiger partial charge in [0, 0.05) is 37.8 Å². The van der Waals surface area contributed by atoms with Crippen LogP contribution in [0.1, 0.15) is 63.7 Å². The minimum absolute atomic E-state index is 0.0512. The molecule has 11 heteroatoms. The number of Topliss-reactive ketones (excluding diaryl/α,β-unsaturated/α-hetero) is 1. The highest BCUT2D eigenvalue weighted by Gasteiger charge is 2.31. The summed E-state index contributed by atoms with van der Waals surface area (Å²) in [5, 5.41) is 19.7. The number of aromatic hydroxyl groups is 2. The third-order valence-electron chi connectivity index (χ3n) is 5.41. The molecule has 1 heterocycles. The van der Waals surface area contributed by atoms with Crippen molar-refractivity contribution in [3.8, 4) is 40.1 Å². The lowest BCUT2D eigenvalue weighted by atomic mass is 10.0. The molecule has 0 bridgehead atoms. The maximum absolute atomic E-state index is 13.8. The summed E-state index contributed by atoms with van der Waals surface area (Å²) in [6.45, 7) is 6.04. The number of phenols is 2.